The highest BCUT2D eigenvalue weighted by Crippen LogP contribution is 2.28. The lowest BCUT2D eigenvalue weighted by Crippen LogP contribution is -2.32. The minimum Gasteiger partial charge on any atom is -0.497 e. The summed E-state index contributed by atoms with van der Waals surface area (Å²) < 4.78 is 10.8. The van der Waals surface area contributed by atoms with Crippen molar-refractivity contribution >= 4 is 5.82 Å². The van der Waals surface area contributed by atoms with E-state index in [9.17, 15) is 0 Å². The Morgan fingerprint density at radius 1 is 1.09 bits per heavy atom. The average Bonchev–Trinajstić information content (AvgIpc) is 2.85. The van der Waals surface area contributed by atoms with E-state index in [1.54, 1.807) is 13.3 Å². The molecule has 0 spiro atoms. The van der Waals surface area contributed by atoms with Crippen LogP contribution in [0.1, 0.15) is 30.2 Å². The van der Waals surface area contributed by atoms with Crippen molar-refractivity contribution in [2.75, 3.05) is 38.7 Å². The number of pyridine rings is 1. The van der Waals surface area contributed by atoms with Crippen molar-refractivity contribution < 1.29 is 9.47 Å². The molecule has 0 bridgehead atoms. The van der Waals surface area contributed by atoms with Crippen LogP contribution in [0.4, 0.5) is 5.82 Å². The molecule has 0 saturated carbocycles. The average molecular weight is 434 g/mol. The molecule has 0 fully saturated rings. The van der Waals surface area contributed by atoms with E-state index in [0.29, 0.717) is 5.82 Å². The van der Waals surface area contributed by atoms with Crippen LogP contribution in [0.15, 0.2) is 48.7 Å². The maximum atomic E-state index is 5.48. The number of hydrogen-bond donors (Lipinski definition) is 1. The fourth-order valence-corrected chi connectivity index (χ4v) is 3.88. The van der Waals surface area contributed by atoms with Gasteiger partial charge in [-0.05, 0) is 43.2 Å². The topological polar surface area (TPSA) is 72.4 Å². The summed E-state index contributed by atoms with van der Waals surface area (Å²) in [4.78, 5) is 16.6. The van der Waals surface area contributed by atoms with Crippen molar-refractivity contribution in [3.05, 3.63) is 65.5 Å². The van der Waals surface area contributed by atoms with E-state index in [2.05, 4.69) is 27.3 Å². The number of aromatic nitrogens is 3. The second kappa shape index (κ2) is 11.0. The molecule has 0 amide bonds. The predicted octanol–water partition coefficient (Wildman–Crippen LogP) is 3.94. The third kappa shape index (κ3) is 5.60. The first kappa shape index (κ1) is 22.2. The summed E-state index contributed by atoms with van der Waals surface area (Å²) in [6.45, 7) is 6.98. The van der Waals surface area contributed by atoms with Gasteiger partial charge < -0.3 is 14.8 Å². The lowest BCUT2D eigenvalue weighted by molar-refractivity contribution is 0.147. The summed E-state index contributed by atoms with van der Waals surface area (Å²) in [6, 6.07) is 14.1. The molecular weight excluding hydrogens is 402 g/mol. The highest BCUT2D eigenvalue weighted by Gasteiger charge is 2.23. The number of fused-ring (bicyclic) bond motifs is 1. The van der Waals surface area contributed by atoms with E-state index >= 15 is 0 Å². The van der Waals surface area contributed by atoms with Crippen LogP contribution in [0.25, 0.3) is 11.5 Å². The number of nitrogens with one attached hydrogen (secondary N) is 1. The van der Waals surface area contributed by atoms with Crippen LogP contribution in [0.5, 0.6) is 5.75 Å². The molecule has 0 atom stereocenters. The molecule has 3 heterocycles. The largest absolute Gasteiger partial charge is 0.497 e. The van der Waals surface area contributed by atoms with Gasteiger partial charge in [0.25, 0.3) is 0 Å². The molecule has 0 radical (unpaired) electrons. The zero-order chi connectivity index (χ0) is 22.2. The number of hydrogen-bond acceptors (Lipinski definition) is 7. The summed E-state index contributed by atoms with van der Waals surface area (Å²) in [5, 5.41) is 3.54. The Hall–Kier alpha value is -3.03. The maximum absolute atomic E-state index is 5.48. The number of rotatable bonds is 10. The van der Waals surface area contributed by atoms with E-state index < -0.39 is 0 Å². The van der Waals surface area contributed by atoms with Crippen molar-refractivity contribution in [2.45, 2.75) is 32.9 Å². The molecule has 1 N–H and O–H groups in total. The van der Waals surface area contributed by atoms with E-state index in [0.717, 1.165) is 75.2 Å². The summed E-state index contributed by atoms with van der Waals surface area (Å²) in [7, 11) is 1.69. The standard InChI is InChI=1S/C25H31N5O2/c1-3-32-16-6-14-27-24-21-18-30(17-19-8-10-20(31-2)11-9-19)15-12-22(21)28-25(29-24)23-7-4-5-13-26-23/h4-5,7-11,13H,3,6,12,14-18H2,1-2H3,(H,27,28,29). The molecular formula is C25H31N5O2. The molecule has 0 aliphatic carbocycles. The Morgan fingerprint density at radius 2 is 1.97 bits per heavy atom. The van der Waals surface area contributed by atoms with Crippen molar-refractivity contribution in [2.24, 2.45) is 0 Å². The van der Waals surface area contributed by atoms with Crippen molar-refractivity contribution in [3.8, 4) is 17.3 Å². The first-order valence-electron chi connectivity index (χ1n) is 11.2. The summed E-state index contributed by atoms with van der Waals surface area (Å²) >= 11 is 0. The van der Waals surface area contributed by atoms with Gasteiger partial charge in [0, 0.05) is 57.6 Å². The third-order valence-corrected chi connectivity index (χ3v) is 5.56. The summed E-state index contributed by atoms with van der Waals surface area (Å²) in [5.41, 5.74) is 4.36. The van der Waals surface area contributed by atoms with Crippen LogP contribution in [-0.2, 0) is 24.2 Å². The molecule has 1 aromatic carbocycles. The molecule has 1 aliphatic heterocycles. The second-order valence-corrected chi connectivity index (χ2v) is 7.82. The van der Waals surface area contributed by atoms with Crippen LogP contribution in [0.3, 0.4) is 0 Å². The van der Waals surface area contributed by atoms with Crippen LogP contribution < -0.4 is 10.1 Å². The van der Waals surface area contributed by atoms with E-state index in [4.69, 9.17) is 19.4 Å². The van der Waals surface area contributed by atoms with Gasteiger partial charge in [-0.1, -0.05) is 18.2 Å². The minimum absolute atomic E-state index is 0.681. The van der Waals surface area contributed by atoms with Gasteiger partial charge in [0.1, 0.15) is 17.3 Å². The Morgan fingerprint density at radius 3 is 2.72 bits per heavy atom. The van der Waals surface area contributed by atoms with Gasteiger partial charge in [-0.3, -0.25) is 9.88 Å². The first-order valence-corrected chi connectivity index (χ1v) is 11.2. The monoisotopic (exact) mass is 433 g/mol. The third-order valence-electron chi connectivity index (χ3n) is 5.56. The summed E-state index contributed by atoms with van der Waals surface area (Å²) in [5.74, 6) is 2.47. The molecule has 0 unspecified atom stereocenters. The number of benzene rings is 1. The first-order chi connectivity index (χ1) is 15.8. The fraction of sp³-hybridized carbons (Fsp3) is 0.400. The Labute approximate surface area is 189 Å². The van der Waals surface area contributed by atoms with Gasteiger partial charge in [-0.25, -0.2) is 9.97 Å². The molecule has 2 aromatic heterocycles. The van der Waals surface area contributed by atoms with Crippen LogP contribution >= 0.6 is 0 Å². The molecule has 7 nitrogen and oxygen atoms in total. The molecule has 7 heteroatoms. The van der Waals surface area contributed by atoms with E-state index in [-0.39, 0.29) is 0 Å². The predicted molar refractivity (Wildman–Crippen MR) is 126 cm³/mol. The maximum Gasteiger partial charge on any atom is 0.180 e. The van der Waals surface area contributed by atoms with E-state index in [1.807, 2.05) is 37.3 Å². The zero-order valence-corrected chi connectivity index (χ0v) is 18.9. The second-order valence-electron chi connectivity index (χ2n) is 7.82. The Bertz CT molecular complexity index is 995. The zero-order valence-electron chi connectivity index (χ0n) is 18.9. The molecule has 3 aromatic rings. The van der Waals surface area contributed by atoms with Gasteiger partial charge in [-0.2, -0.15) is 0 Å². The number of methoxy groups -OCH3 is 1. The molecule has 168 valence electrons. The van der Waals surface area contributed by atoms with Gasteiger partial charge in [0.2, 0.25) is 0 Å². The highest BCUT2D eigenvalue weighted by atomic mass is 16.5. The van der Waals surface area contributed by atoms with E-state index in [1.165, 1.54) is 11.1 Å². The van der Waals surface area contributed by atoms with Gasteiger partial charge >= 0.3 is 0 Å². The van der Waals surface area contributed by atoms with Gasteiger partial charge in [0.05, 0.1) is 12.8 Å². The lowest BCUT2D eigenvalue weighted by Gasteiger charge is -2.29. The van der Waals surface area contributed by atoms with Crippen LogP contribution in [0, 0.1) is 0 Å². The molecule has 32 heavy (non-hydrogen) atoms. The van der Waals surface area contributed by atoms with Crippen LogP contribution in [-0.4, -0.2) is 53.3 Å². The fourth-order valence-electron chi connectivity index (χ4n) is 3.88. The molecule has 0 saturated heterocycles. The SMILES string of the molecule is CCOCCCNc1nc(-c2ccccn2)nc2c1CN(Cc1ccc(OC)cc1)CC2. The lowest BCUT2D eigenvalue weighted by atomic mass is 10.0. The van der Waals surface area contributed by atoms with Crippen molar-refractivity contribution in [1.82, 2.24) is 19.9 Å². The van der Waals surface area contributed by atoms with Crippen molar-refractivity contribution in [3.63, 3.8) is 0 Å². The number of ether oxygens (including phenoxy) is 2. The van der Waals surface area contributed by atoms with Crippen molar-refractivity contribution in [1.29, 1.82) is 0 Å². The molecule has 1 aliphatic rings. The van der Waals surface area contributed by atoms with Gasteiger partial charge in [-0.15, -0.1) is 0 Å². The van der Waals surface area contributed by atoms with Gasteiger partial charge in [0.15, 0.2) is 5.82 Å². The number of anilines is 1. The summed E-state index contributed by atoms with van der Waals surface area (Å²) in [6.07, 6.45) is 3.60. The molecule has 4 rings (SSSR count). The van der Waals surface area contributed by atoms with Crippen LogP contribution in [0.2, 0.25) is 0 Å². The highest BCUT2D eigenvalue weighted by molar-refractivity contribution is 5.57. The normalized spacial score (nSPS) is 13.6. The quantitative estimate of drug-likeness (QED) is 0.486. The smallest absolute Gasteiger partial charge is 0.180 e. The Kier molecular flexibility index (Phi) is 7.64. The minimum atomic E-state index is 0.681. The Balaban J connectivity index is 1.53. The number of nitrogens with zero attached hydrogens (tertiary/aromatic N) is 4.